The minimum absolute atomic E-state index is 0.0400. The quantitative estimate of drug-likeness (QED) is 0.610. The summed E-state index contributed by atoms with van der Waals surface area (Å²) in [6, 6.07) is 2.56. The van der Waals surface area contributed by atoms with Crippen LogP contribution in [0.5, 0.6) is 11.5 Å². The summed E-state index contributed by atoms with van der Waals surface area (Å²) in [6.07, 6.45) is 2.00. The first-order valence-electron chi connectivity index (χ1n) is 8.64. The fourth-order valence-corrected chi connectivity index (χ4v) is 3.17. The van der Waals surface area contributed by atoms with Crippen molar-refractivity contribution in [1.82, 2.24) is 9.71 Å². The number of benzene rings is 1. The molecule has 8 nitrogen and oxygen atoms in total. The Kier molecular flexibility index (Phi) is 7.93. The van der Waals surface area contributed by atoms with Crippen LogP contribution in [-0.2, 0) is 14.8 Å². The van der Waals surface area contributed by atoms with Crippen LogP contribution >= 0.6 is 11.6 Å². The van der Waals surface area contributed by atoms with Crippen LogP contribution in [0, 0.1) is 11.6 Å². The van der Waals surface area contributed by atoms with Gasteiger partial charge in [0.15, 0.2) is 11.6 Å². The predicted octanol–water partition coefficient (Wildman–Crippen LogP) is 2.97. The van der Waals surface area contributed by atoms with Crippen molar-refractivity contribution in [2.24, 2.45) is 0 Å². The Morgan fingerprint density at radius 2 is 1.97 bits per heavy atom. The average Bonchev–Trinajstić information content (AvgIpc) is 2.64. The normalized spacial score (nSPS) is 11.3. The molecule has 0 spiro atoms. The number of aromatic nitrogens is 1. The number of pyridine rings is 1. The molecule has 1 aromatic heterocycles. The van der Waals surface area contributed by atoms with E-state index in [0.717, 1.165) is 0 Å². The van der Waals surface area contributed by atoms with Crippen LogP contribution in [0.15, 0.2) is 24.4 Å². The molecular weight excluding hydrogens is 444 g/mol. The summed E-state index contributed by atoms with van der Waals surface area (Å²) in [5.41, 5.74) is -0.784. The van der Waals surface area contributed by atoms with Crippen molar-refractivity contribution < 1.29 is 31.5 Å². The molecule has 0 aliphatic rings. The highest BCUT2D eigenvalue weighted by Crippen LogP contribution is 2.31. The molecule has 0 aliphatic carbocycles. The van der Waals surface area contributed by atoms with E-state index in [-0.39, 0.29) is 10.8 Å². The minimum atomic E-state index is -3.94. The van der Waals surface area contributed by atoms with Crippen molar-refractivity contribution in [2.45, 2.75) is 6.92 Å². The van der Waals surface area contributed by atoms with Gasteiger partial charge >= 0.3 is 0 Å². The number of anilines is 1. The van der Waals surface area contributed by atoms with Gasteiger partial charge in [0.25, 0.3) is 5.91 Å². The van der Waals surface area contributed by atoms with Gasteiger partial charge in [0.05, 0.1) is 29.6 Å². The monoisotopic (exact) mass is 463 g/mol. The molecule has 30 heavy (non-hydrogen) atoms. The van der Waals surface area contributed by atoms with Crippen LogP contribution in [0.2, 0.25) is 5.02 Å². The largest absolute Gasteiger partial charge is 0.452 e. The molecule has 12 heteroatoms. The number of methoxy groups -OCH3 is 1. The Labute approximate surface area is 177 Å². The maximum absolute atomic E-state index is 14.3. The number of rotatable bonds is 9. The summed E-state index contributed by atoms with van der Waals surface area (Å²) >= 11 is 6.24. The molecule has 0 atom stereocenters. The first-order valence-corrected chi connectivity index (χ1v) is 10.9. The van der Waals surface area contributed by atoms with Crippen LogP contribution in [-0.4, -0.2) is 52.4 Å². The number of halogens is 3. The summed E-state index contributed by atoms with van der Waals surface area (Å²) in [4.78, 5) is 17.8. The molecule has 0 fully saturated rings. The van der Waals surface area contributed by atoms with Crippen LogP contribution < -0.4 is 14.4 Å². The van der Waals surface area contributed by atoms with Crippen molar-refractivity contribution >= 4 is 33.3 Å². The van der Waals surface area contributed by atoms with E-state index in [1.165, 1.54) is 12.3 Å². The highest BCUT2D eigenvalue weighted by molar-refractivity contribution is 7.89. The lowest BCUT2D eigenvalue weighted by molar-refractivity contribution is 0.0977. The lowest BCUT2D eigenvalue weighted by Gasteiger charge is -2.22. The number of carbonyl (C=O) groups excluding carboxylic acids is 1. The summed E-state index contributed by atoms with van der Waals surface area (Å²) in [6.45, 7) is 3.55. The zero-order valence-electron chi connectivity index (χ0n) is 16.4. The van der Waals surface area contributed by atoms with E-state index in [1.54, 1.807) is 11.8 Å². The standard InChI is InChI=1S/C18H20ClF2N3O5S/c1-4-24(5-6-28-2)17-13(19)7-11(10-22-17)29-16-9-14(20)12(8-15(16)21)18(25)23-30(3,26)27/h7-10H,4-6H2,1-3H3,(H,23,25). The predicted molar refractivity (Wildman–Crippen MR) is 108 cm³/mol. The average molecular weight is 464 g/mol. The van der Waals surface area contributed by atoms with Gasteiger partial charge in [-0.15, -0.1) is 0 Å². The molecule has 1 N–H and O–H groups in total. The molecule has 0 aliphatic heterocycles. The molecule has 2 aromatic rings. The molecule has 0 radical (unpaired) electrons. The molecule has 0 bridgehead atoms. The molecule has 0 saturated carbocycles. The molecule has 0 saturated heterocycles. The Hall–Kier alpha value is -2.50. The number of amides is 1. The van der Waals surface area contributed by atoms with E-state index in [9.17, 15) is 22.0 Å². The van der Waals surface area contributed by atoms with Gasteiger partial charge in [-0.2, -0.15) is 0 Å². The Bertz CT molecular complexity index is 1040. The Morgan fingerprint density at radius 1 is 1.27 bits per heavy atom. The zero-order chi connectivity index (χ0) is 22.5. The number of hydrogen-bond donors (Lipinski definition) is 1. The summed E-state index contributed by atoms with van der Waals surface area (Å²) in [5, 5.41) is 0.232. The van der Waals surface area contributed by atoms with Gasteiger partial charge in [0.2, 0.25) is 10.0 Å². The summed E-state index contributed by atoms with van der Waals surface area (Å²) in [5.74, 6) is -3.56. The third kappa shape index (κ3) is 6.25. The second kappa shape index (κ2) is 10.0. The van der Waals surface area contributed by atoms with E-state index in [2.05, 4.69) is 4.98 Å². The lowest BCUT2D eigenvalue weighted by Crippen LogP contribution is -2.30. The van der Waals surface area contributed by atoms with Crippen molar-refractivity contribution in [1.29, 1.82) is 0 Å². The highest BCUT2D eigenvalue weighted by Gasteiger charge is 2.20. The SMILES string of the molecule is CCN(CCOC)c1ncc(Oc2cc(F)c(C(=O)NS(C)(=O)=O)cc2F)cc1Cl. The third-order valence-electron chi connectivity index (χ3n) is 3.82. The van der Waals surface area contributed by atoms with E-state index < -0.39 is 38.9 Å². The van der Waals surface area contributed by atoms with Crippen molar-refractivity contribution in [2.75, 3.05) is 38.0 Å². The smallest absolute Gasteiger partial charge is 0.267 e. The Balaban J connectivity index is 2.25. The van der Waals surface area contributed by atoms with E-state index >= 15 is 0 Å². The number of sulfonamides is 1. The Morgan fingerprint density at radius 3 is 2.53 bits per heavy atom. The molecule has 0 unspecified atom stereocenters. The summed E-state index contributed by atoms with van der Waals surface area (Å²) in [7, 11) is -2.37. The highest BCUT2D eigenvalue weighted by atomic mass is 35.5. The maximum Gasteiger partial charge on any atom is 0.267 e. The van der Waals surface area contributed by atoms with Crippen molar-refractivity contribution in [3.63, 3.8) is 0 Å². The van der Waals surface area contributed by atoms with Crippen molar-refractivity contribution in [3.8, 4) is 11.5 Å². The number of nitrogens with one attached hydrogen (secondary N) is 1. The van der Waals surface area contributed by atoms with Crippen LogP contribution in [0.25, 0.3) is 0 Å². The van der Waals surface area contributed by atoms with E-state index in [1.807, 2.05) is 11.8 Å². The first-order chi connectivity index (χ1) is 14.1. The second-order valence-corrected chi connectivity index (χ2v) is 8.27. The number of nitrogens with zero attached hydrogens (tertiary/aromatic N) is 2. The maximum atomic E-state index is 14.3. The van der Waals surface area contributed by atoms with Crippen LogP contribution in [0.4, 0.5) is 14.6 Å². The molecule has 1 amide bonds. The van der Waals surface area contributed by atoms with Crippen LogP contribution in [0.3, 0.4) is 0 Å². The van der Waals surface area contributed by atoms with Gasteiger partial charge in [-0.25, -0.2) is 26.9 Å². The zero-order valence-corrected chi connectivity index (χ0v) is 18.0. The van der Waals surface area contributed by atoms with E-state index in [4.69, 9.17) is 21.1 Å². The molecule has 164 valence electrons. The molecule has 2 rings (SSSR count). The number of hydrogen-bond acceptors (Lipinski definition) is 7. The van der Waals surface area contributed by atoms with Gasteiger partial charge in [-0.3, -0.25) is 4.79 Å². The molecule has 1 aromatic carbocycles. The van der Waals surface area contributed by atoms with Gasteiger partial charge in [-0.1, -0.05) is 11.6 Å². The number of carbonyl (C=O) groups is 1. The van der Waals surface area contributed by atoms with Gasteiger partial charge < -0.3 is 14.4 Å². The molecular formula is C18H20ClF2N3O5S. The van der Waals surface area contributed by atoms with Gasteiger partial charge in [-0.05, 0) is 13.0 Å². The fraction of sp³-hybridized carbons (Fsp3) is 0.333. The third-order valence-corrected chi connectivity index (χ3v) is 4.65. The molecule has 1 heterocycles. The first kappa shape index (κ1) is 23.8. The van der Waals surface area contributed by atoms with Gasteiger partial charge in [0, 0.05) is 32.3 Å². The minimum Gasteiger partial charge on any atom is -0.452 e. The topological polar surface area (TPSA) is 97.8 Å². The second-order valence-electron chi connectivity index (χ2n) is 6.12. The van der Waals surface area contributed by atoms with Gasteiger partial charge in [0.1, 0.15) is 17.4 Å². The number of ether oxygens (including phenoxy) is 2. The fourth-order valence-electron chi connectivity index (χ4n) is 2.45. The van der Waals surface area contributed by atoms with Crippen LogP contribution in [0.1, 0.15) is 17.3 Å². The number of likely N-dealkylation sites (N-methyl/N-ethyl adjacent to an activating group) is 1. The van der Waals surface area contributed by atoms with E-state index in [0.29, 0.717) is 43.9 Å². The summed E-state index contributed by atoms with van der Waals surface area (Å²) < 4.78 is 62.6. The van der Waals surface area contributed by atoms with Crippen molar-refractivity contribution in [3.05, 3.63) is 46.6 Å². The lowest BCUT2D eigenvalue weighted by atomic mass is 10.2.